The van der Waals surface area contributed by atoms with Crippen LogP contribution in [0.15, 0.2) is 52.4 Å². The van der Waals surface area contributed by atoms with Crippen molar-refractivity contribution in [1.82, 2.24) is 0 Å². The van der Waals surface area contributed by atoms with Gasteiger partial charge in [0, 0.05) is 0 Å². The van der Waals surface area contributed by atoms with Crippen molar-refractivity contribution in [2.45, 2.75) is 33.6 Å². The Bertz CT molecular complexity index is 406. The predicted molar refractivity (Wildman–Crippen MR) is 72.3 cm³/mol. The summed E-state index contributed by atoms with van der Waals surface area (Å²) in [7, 11) is 0. The van der Waals surface area contributed by atoms with Crippen molar-refractivity contribution in [1.29, 1.82) is 0 Å². The average molecular weight is 340 g/mol. The van der Waals surface area contributed by atoms with Crippen LogP contribution in [-0.4, -0.2) is 0 Å². The minimum absolute atomic E-state index is 0. The van der Waals surface area contributed by atoms with Crippen LogP contribution in [0.1, 0.15) is 33.6 Å². The first kappa shape index (κ1) is 15.9. The number of hydrogen-bond acceptors (Lipinski definition) is 0. The molecule has 0 nitrogen and oxygen atoms in total. The van der Waals surface area contributed by atoms with Crippen LogP contribution < -0.4 is 12.4 Å². The van der Waals surface area contributed by atoms with E-state index in [4.69, 9.17) is 0 Å². The maximum atomic E-state index is 2.66. The zero-order chi connectivity index (χ0) is 12.3. The first-order valence-corrected chi connectivity index (χ1v) is 10.3. The van der Waals surface area contributed by atoms with Crippen molar-refractivity contribution in [2.24, 2.45) is 5.92 Å². The first-order chi connectivity index (χ1) is 8.18. The first-order valence-electron chi connectivity index (χ1n) is 6.46. The van der Waals surface area contributed by atoms with Crippen LogP contribution >= 0.6 is 0 Å². The van der Waals surface area contributed by atoms with E-state index >= 15 is 0 Å². The van der Waals surface area contributed by atoms with Crippen LogP contribution in [0.5, 0.6) is 0 Å². The number of allylic oxidation sites excluding steroid dienone is 9. The molecule has 0 saturated heterocycles. The Morgan fingerprint density at radius 3 is 1.94 bits per heavy atom. The molecular formula is C16H21ClZr. The molecule has 96 valence electrons. The summed E-state index contributed by atoms with van der Waals surface area (Å²) in [4.78, 5) is 0. The van der Waals surface area contributed by atoms with Crippen LogP contribution in [0.25, 0.3) is 0 Å². The van der Waals surface area contributed by atoms with Crippen LogP contribution in [0.4, 0.5) is 0 Å². The molecule has 0 heterocycles. The van der Waals surface area contributed by atoms with Crippen LogP contribution in [0.3, 0.4) is 0 Å². The summed E-state index contributed by atoms with van der Waals surface area (Å²) in [5.41, 5.74) is 1.58. The molecule has 0 unspecified atom stereocenters. The summed E-state index contributed by atoms with van der Waals surface area (Å²) in [6, 6.07) is 0. The quantitative estimate of drug-likeness (QED) is 0.733. The van der Waals surface area contributed by atoms with Crippen molar-refractivity contribution < 1.29 is 34.2 Å². The fourth-order valence-electron chi connectivity index (χ4n) is 2.08. The van der Waals surface area contributed by atoms with E-state index in [9.17, 15) is 0 Å². The van der Waals surface area contributed by atoms with E-state index in [-0.39, 0.29) is 12.4 Å². The molecule has 2 heteroatoms. The summed E-state index contributed by atoms with van der Waals surface area (Å²) in [5.74, 6) is 0.690. The second kappa shape index (κ2) is 7.46. The SMILES string of the molecule is C/C(=[CH]\[Zr+]([C]1=CC=CC1)[C]1=CC=CC1)C(C)C.[Cl-]. The monoisotopic (exact) mass is 338 g/mol. The molecule has 0 bridgehead atoms. The summed E-state index contributed by atoms with van der Waals surface area (Å²) >= 11 is -1.66. The minimum Gasteiger partial charge on any atom is -1.00 e. The van der Waals surface area contributed by atoms with Crippen LogP contribution in [0, 0.1) is 5.92 Å². The van der Waals surface area contributed by atoms with Crippen LogP contribution in [-0.2, 0) is 21.8 Å². The Morgan fingerprint density at radius 2 is 1.61 bits per heavy atom. The summed E-state index contributed by atoms with van der Waals surface area (Å²) < 4.78 is 6.13. The molecule has 0 aromatic rings. The molecule has 0 atom stereocenters. The third kappa shape index (κ3) is 3.93. The molecule has 2 aliphatic rings. The van der Waals surface area contributed by atoms with Crippen molar-refractivity contribution in [3.63, 3.8) is 0 Å². The van der Waals surface area contributed by atoms with Gasteiger partial charge in [-0.05, 0) is 0 Å². The molecular weight excluding hydrogens is 319 g/mol. The molecule has 0 radical (unpaired) electrons. The molecule has 0 fully saturated rings. The average Bonchev–Trinajstić information content (AvgIpc) is 2.98. The Labute approximate surface area is 125 Å². The van der Waals surface area contributed by atoms with E-state index < -0.39 is 21.8 Å². The van der Waals surface area contributed by atoms with E-state index in [1.165, 1.54) is 12.8 Å². The minimum atomic E-state index is -1.66. The van der Waals surface area contributed by atoms with E-state index in [2.05, 4.69) is 61.0 Å². The maximum absolute atomic E-state index is 2.66. The Hall–Kier alpha value is -0.127. The van der Waals surface area contributed by atoms with Gasteiger partial charge in [0.1, 0.15) is 0 Å². The van der Waals surface area contributed by atoms with Gasteiger partial charge >= 0.3 is 114 Å². The zero-order valence-corrected chi connectivity index (χ0v) is 14.6. The molecule has 0 N–H and O–H groups in total. The van der Waals surface area contributed by atoms with Gasteiger partial charge in [0.15, 0.2) is 0 Å². The van der Waals surface area contributed by atoms with Gasteiger partial charge in [-0.25, -0.2) is 0 Å². The van der Waals surface area contributed by atoms with Gasteiger partial charge in [-0.2, -0.15) is 0 Å². The smallest absolute Gasteiger partial charge is 1.00 e. The molecule has 2 rings (SSSR count). The van der Waals surface area contributed by atoms with Crippen LogP contribution in [0.2, 0.25) is 0 Å². The van der Waals surface area contributed by atoms with Crippen molar-refractivity contribution in [2.75, 3.05) is 0 Å². The molecule has 2 aliphatic carbocycles. The van der Waals surface area contributed by atoms with Gasteiger partial charge in [-0.15, -0.1) is 0 Å². The van der Waals surface area contributed by atoms with E-state index in [1.807, 2.05) is 0 Å². The molecule has 0 aromatic heterocycles. The molecule has 0 aliphatic heterocycles. The van der Waals surface area contributed by atoms with Gasteiger partial charge in [0.05, 0.1) is 0 Å². The largest absolute Gasteiger partial charge is 1.00 e. The summed E-state index contributed by atoms with van der Waals surface area (Å²) in [5, 5.41) is 0. The fourth-order valence-corrected chi connectivity index (χ4v) is 8.96. The van der Waals surface area contributed by atoms with Gasteiger partial charge in [0.2, 0.25) is 0 Å². The third-order valence-corrected chi connectivity index (χ3v) is 10.6. The van der Waals surface area contributed by atoms with E-state index in [0.29, 0.717) is 5.92 Å². The van der Waals surface area contributed by atoms with Crippen molar-refractivity contribution in [3.8, 4) is 0 Å². The summed E-state index contributed by atoms with van der Waals surface area (Å²) in [6.07, 6.45) is 16.2. The normalized spacial score (nSPS) is 17.9. The van der Waals surface area contributed by atoms with Gasteiger partial charge in [-0.3, -0.25) is 0 Å². The predicted octanol–water partition coefficient (Wildman–Crippen LogP) is 1.86. The fraction of sp³-hybridized carbons (Fsp3) is 0.375. The van der Waals surface area contributed by atoms with E-state index in [0.717, 1.165) is 0 Å². The second-order valence-corrected chi connectivity index (χ2v) is 11.0. The number of hydrogen-bond donors (Lipinski definition) is 0. The van der Waals surface area contributed by atoms with Crippen molar-refractivity contribution >= 4 is 0 Å². The molecule has 0 aromatic carbocycles. The maximum Gasteiger partial charge on any atom is -1.00 e. The molecule has 18 heavy (non-hydrogen) atoms. The number of halogens is 1. The Morgan fingerprint density at radius 1 is 1.11 bits per heavy atom. The van der Waals surface area contributed by atoms with Gasteiger partial charge in [-0.1, -0.05) is 0 Å². The topological polar surface area (TPSA) is 0 Å². The van der Waals surface area contributed by atoms with Gasteiger partial charge < -0.3 is 12.4 Å². The third-order valence-electron chi connectivity index (χ3n) is 3.52. The van der Waals surface area contributed by atoms with Gasteiger partial charge in [0.25, 0.3) is 0 Å². The molecule has 0 saturated carbocycles. The Balaban J connectivity index is 0.00000162. The standard InChI is InChI=1S/C6H11.2C5H5.ClH.Zr/c1-5(2)6(3)4;2*1-2-4-5-3-1;;/h1,6H,2-4H3;2*1-3H,4H2;1H;/q;;;;+1/p-1. The Kier molecular flexibility index (Phi) is 6.60. The molecule has 0 amide bonds. The zero-order valence-electron chi connectivity index (χ0n) is 11.4. The second-order valence-electron chi connectivity index (χ2n) is 5.11. The van der Waals surface area contributed by atoms with E-state index in [1.54, 1.807) is 12.1 Å². The summed E-state index contributed by atoms with van der Waals surface area (Å²) in [6.45, 7) is 6.90. The molecule has 0 spiro atoms. The number of rotatable bonds is 4. The van der Waals surface area contributed by atoms with Crippen molar-refractivity contribution in [3.05, 3.63) is 52.4 Å².